The van der Waals surface area contributed by atoms with E-state index in [9.17, 15) is 0 Å². The van der Waals surface area contributed by atoms with Gasteiger partial charge in [-0.25, -0.2) is 0 Å². The lowest BCUT2D eigenvalue weighted by molar-refractivity contribution is 0.373. The fourth-order valence-corrected chi connectivity index (χ4v) is 0.619. The summed E-state index contributed by atoms with van der Waals surface area (Å²) >= 11 is 0. The van der Waals surface area contributed by atoms with Crippen LogP contribution < -0.4 is 4.74 Å². The predicted molar refractivity (Wildman–Crippen MR) is 34.7 cm³/mol. The van der Waals surface area contributed by atoms with Gasteiger partial charge in [-0.3, -0.25) is 0 Å². The molecule has 1 aromatic rings. The van der Waals surface area contributed by atoms with Gasteiger partial charge in [-0.1, -0.05) is 12.1 Å². The number of hydrogen-bond acceptors (Lipinski definition) is 2. The molecule has 2 nitrogen and oxygen atoms in total. The molecule has 0 atom stereocenters. The lowest BCUT2D eigenvalue weighted by Gasteiger charge is -1.99. The molecule has 1 N–H and O–H groups in total. The maximum Gasteiger partial charge on any atom is 0.293 e. The highest BCUT2D eigenvalue weighted by atomic mass is 16.5. The highest BCUT2D eigenvalue weighted by Gasteiger charge is 1.94. The normalized spacial score (nSPS) is 10.1. The Bertz CT molecular complexity index is 190. The Labute approximate surface area is 55.2 Å². The minimum absolute atomic E-state index is 0.435. The van der Waals surface area contributed by atoms with Crippen molar-refractivity contribution in [1.82, 2.24) is 0 Å². The Morgan fingerprint density at radius 2 is 2.33 bits per heavy atom. The van der Waals surface area contributed by atoms with Crippen molar-refractivity contribution in [1.29, 1.82) is 1.43 Å². The van der Waals surface area contributed by atoms with E-state index in [0.29, 0.717) is 11.5 Å². The van der Waals surface area contributed by atoms with Crippen LogP contribution in [0.4, 0.5) is 0 Å². The van der Waals surface area contributed by atoms with Gasteiger partial charge in [0.15, 0.2) is 11.5 Å². The van der Waals surface area contributed by atoms with Crippen LogP contribution in [0.1, 0.15) is 0 Å². The molecule has 0 aliphatic rings. The number of rotatable bonds is 2. The van der Waals surface area contributed by atoms with Crippen LogP contribution in [0.15, 0.2) is 24.3 Å². The van der Waals surface area contributed by atoms with Gasteiger partial charge in [0, 0.05) is 0 Å². The maximum absolute atomic E-state index is 6.61. The largest absolute Gasteiger partial charge is 0.504 e. The molecule has 0 fully saturated rings. The maximum atomic E-state index is 6.61. The smallest absolute Gasteiger partial charge is 0.293 e. The van der Waals surface area contributed by atoms with Gasteiger partial charge in [0.2, 0.25) is 0 Å². The van der Waals surface area contributed by atoms with Crippen LogP contribution in [0.3, 0.4) is 0 Å². The minimum Gasteiger partial charge on any atom is -0.504 e. The zero-order valence-electron chi connectivity index (χ0n) is 6.13. The van der Waals surface area contributed by atoms with Crippen LogP contribution >= 0.6 is 0 Å². The highest BCUT2D eigenvalue weighted by Crippen LogP contribution is 2.22. The Kier molecular flexibility index (Phi) is 1.24. The number of aromatic hydroxyl groups is 1. The number of methoxy groups -OCH3 is 1. The molecule has 0 unspecified atom stereocenters. The molecule has 1 aromatic carbocycles. The first-order valence-corrected chi connectivity index (χ1v) is 2.64. The SMILES string of the molecule is [2H]Oc1ccccc1OC. The summed E-state index contributed by atoms with van der Waals surface area (Å²) in [6, 6.07) is 7.02. The fourth-order valence-electron chi connectivity index (χ4n) is 0.619. The molecule has 0 aliphatic carbocycles. The van der Waals surface area contributed by atoms with E-state index in [-0.39, 0.29) is 0 Å². The van der Waals surface area contributed by atoms with Crippen LogP contribution in [0, 0.1) is 0 Å². The molecule has 0 saturated carbocycles. The molecule has 2 heteroatoms. The van der Waals surface area contributed by atoms with Gasteiger partial charge in [0.1, 0.15) is 0 Å². The third kappa shape index (κ3) is 1.13. The number of benzene rings is 1. The lowest BCUT2D eigenvalue weighted by atomic mass is 10.3. The van der Waals surface area contributed by atoms with E-state index in [2.05, 4.69) is 5.11 Å². The molecule has 0 radical (unpaired) electrons. The van der Waals surface area contributed by atoms with Gasteiger partial charge < -0.3 is 9.85 Å². The Morgan fingerprint density at radius 1 is 1.56 bits per heavy atom. The third-order valence-electron chi connectivity index (χ3n) is 1.07. The van der Waals surface area contributed by atoms with Gasteiger partial charge >= 0.3 is 0 Å². The summed E-state index contributed by atoms with van der Waals surface area (Å²) in [5.41, 5.74) is 0. The summed E-state index contributed by atoms with van der Waals surface area (Å²) in [7, 11) is 1.54. The van der Waals surface area contributed by atoms with Crippen LogP contribution in [-0.2, 0) is 0 Å². The first kappa shape index (κ1) is 4.68. The van der Waals surface area contributed by atoms with E-state index < -0.39 is 0 Å². The molecule has 1 rings (SSSR count). The van der Waals surface area contributed by atoms with Crippen molar-refractivity contribution < 1.29 is 9.85 Å². The predicted octanol–water partition coefficient (Wildman–Crippen LogP) is 1.40. The van der Waals surface area contributed by atoms with Crippen molar-refractivity contribution in [3.63, 3.8) is 0 Å². The van der Waals surface area contributed by atoms with Gasteiger partial charge in [-0.05, 0) is 12.1 Å². The standard InChI is InChI=1S/C7H8O2/c1-9-7-5-3-2-4-6(7)8/h2-5,8H,1H3/i/hD. The molecule has 0 saturated heterocycles. The van der Waals surface area contributed by atoms with Crippen LogP contribution in [-0.4, -0.2) is 13.6 Å². The van der Waals surface area contributed by atoms with E-state index in [1.807, 2.05) is 6.07 Å². The van der Waals surface area contributed by atoms with E-state index in [4.69, 9.17) is 6.17 Å². The van der Waals surface area contributed by atoms with Gasteiger partial charge in [0.05, 0.1) is 7.11 Å². The van der Waals surface area contributed by atoms with Crippen molar-refractivity contribution in [3.05, 3.63) is 24.3 Å². The summed E-state index contributed by atoms with van der Waals surface area (Å²) in [6.45, 7) is 0. The summed E-state index contributed by atoms with van der Waals surface area (Å²) < 4.78 is 11.5. The van der Waals surface area contributed by atoms with Crippen molar-refractivity contribution in [2.75, 3.05) is 7.11 Å². The topological polar surface area (TPSA) is 29.5 Å². The molecule has 0 spiro atoms. The molecule has 0 aliphatic heterocycles. The average Bonchev–Trinajstić information content (AvgIpc) is 2.04. The van der Waals surface area contributed by atoms with Crippen LogP contribution in [0.25, 0.3) is 0 Å². The number of hydrogen-bond donors (Lipinski definition) is 1. The zero-order chi connectivity index (χ0) is 7.40. The molecule has 0 aromatic heterocycles. The fraction of sp³-hybridized carbons (Fsp3) is 0.143. The second-order valence-corrected chi connectivity index (χ2v) is 1.65. The lowest BCUT2D eigenvalue weighted by Crippen LogP contribution is -1.80. The average molecular weight is 125 g/mol. The second kappa shape index (κ2) is 2.40. The molecular weight excluding hydrogens is 116 g/mol. The first-order chi connectivity index (χ1) is 4.88. The van der Waals surface area contributed by atoms with Gasteiger partial charge in [-0.2, -0.15) is 0 Å². The van der Waals surface area contributed by atoms with Crippen molar-refractivity contribution >= 4 is 0 Å². The monoisotopic (exact) mass is 125 g/mol. The molecule has 0 heterocycles. The van der Waals surface area contributed by atoms with E-state index in [1.165, 1.54) is 7.11 Å². The van der Waals surface area contributed by atoms with E-state index >= 15 is 0 Å². The number of ether oxygens (including phenoxy) is 1. The van der Waals surface area contributed by atoms with Crippen molar-refractivity contribution in [2.45, 2.75) is 0 Å². The van der Waals surface area contributed by atoms with Crippen LogP contribution in [0.5, 0.6) is 11.5 Å². The summed E-state index contributed by atoms with van der Waals surface area (Å²) in [5, 5.41) is 4.26. The van der Waals surface area contributed by atoms with E-state index in [1.54, 1.807) is 18.2 Å². The zero-order valence-corrected chi connectivity index (χ0v) is 5.13. The van der Waals surface area contributed by atoms with E-state index in [0.717, 1.165) is 0 Å². The Morgan fingerprint density at radius 3 is 2.89 bits per heavy atom. The van der Waals surface area contributed by atoms with Crippen molar-refractivity contribution in [3.8, 4) is 11.5 Å². The molecule has 0 amide bonds. The quantitative estimate of drug-likeness (QED) is 0.647. The molecule has 0 bridgehead atoms. The first-order valence-electron chi connectivity index (χ1n) is 3.05. The molecule has 9 heavy (non-hydrogen) atoms. The number of phenols is 1. The van der Waals surface area contributed by atoms with Gasteiger partial charge in [0.25, 0.3) is 1.43 Å². The van der Waals surface area contributed by atoms with Crippen LogP contribution in [0.2, 0.25) is 0 Å². The summed E-state index contributed by atoms with van der Waals surface area (Å²) in [6.07, 6.45) is 0. The second-order valence-electron chi connectivity index (χ2n) is 1.65. The van der Waals surface area contributed by atoms with Gasteiger partial charge in [-0.15, -0.1) is 0 Å². The summed E-state index contributed by atoms with van der Waals surface area (Å²) in [5.74, 6) is 1.02. The Balaban J connectivity index is 2.96. The molecule has 48 valence electrons. The summed E-state index contributed by atoms with van der Waals surface area (Å²) in [4.78, 5) is 0. The minimum atomic E-state index is 0.435. The number of para-hydroxylation sites is 2. The number of phenolic OH excluding ortho intramolecular Hbond substituents is 1. The van der Waals surface area contributed by atoms with Crippen molar-refractivity contribution in [2.24, 2.45) is 0 Å². The third-order valence-corrected chi connectivity index (χ3v) is 1.07. The molecular formula is C7H8O2. The Hall–Kier alpha value is -1.18. The highest BCUT2D eigenvalue weighted by molar-refractivity contribution is 5.37.